The number of hydrogen-bond acceptors (Lipinski definition) is 2. The Morgan fingerprint density at radius 2 is 2.06 bits per heavy atom. The molecule has 0 radical (unpaired) electrons. The maximum Gasteiger partial charge on any atom is 0.0399 e. The molecule has 1 aliphatic heterocycles. The van der Waals surface area contributed by atoms with Crippen molar-refractivity contribution in [1.82, 2.24) is 5.32 Å². The predicted molar refractivity (Wildman–Crippen MR) is 77.8 cm³/mol. The molecule has 17 heavy (non-hydrogen) atoms. The molecule has 0 aromatic heterocycles. The minimum Gasteiger partial charge on any atom is -0.371 e. The molecule has 0 unspecified atom stereocenters. The van der Waals surface area contributed by atoms with E-state index in [1.54, 1.807) is 0 Å². The first-order chi connectivity index (χ1) is 8.24. The quantitative estimate of drug-likeness (QED) is 0.921. The highest BCUT2D eigenvalue weighted by atomic mass is 79.9. The van der Waals surface area contributed by atoms with E-state index in [1.165, 1.54) is 41.7 Å². The molecular formula is C14H21BrN2. The van der Waals surface area contributed by atoms with Crippen molar-refractivity contribution in [2.24, 2.45) is 0 Å². The van der Waals surface area contributed by atoms with E-state index < -0.39 is 0 Å². The highest BCUT2D eigenvalue weighted by Gasteiger charge is 2.19. The molecule has 1 aromatic carbocycles. The summed E-state index contributed by atoms with van der Waals surface area (Å²) in [6.07, 6.45) is 3.59. The van der Waals surface area contributed by atoms with Crippen molar-refractivity contribution in [3.05, 3.63) is 28.2 Å². The zero-order chi connectivity index (χ0) is 12.3. The van der Waals surface area contributed by atoms with Crippen LogP contribution in [-0.4, -0.2) is 26.2 Å². The van der Waals surface area contributed by atoms with Crippen molar-refractivity contribution in [3.63, 3.8) is 0 Å². The van der Waals surface area contributed by atoms with Crippen LogP contribution in [0.5, 0.6) is 0 Å². The Kier molecular flexibility index (Phi) is 4.46. The van der Waals surface area contributed by atoms with Crippen molar-refractivity contribution < 1.29 is 0 Å². The normalized spacial score (nSPS) is 17.5. The molecular weight excluding hydrogens is 276 g/mol. The van der Waals surface area contributed by atoms with Gasteiger partial charge in [-0.3, -0.25) is 0 Å². The number of nitrogens with zero attached hydrogens (tertiary/aromatic N) is 1. The second kappa shape index (κ2) is 5.87. The number of benzene rings is 1. The number of anilines is 1. The summed E-state index contributed by atoms with van der Waals surface area (Å²) in [6.45, 7) is 4.56. The molecule has 1 fully saturated rings. The van der Waals surface area contributed by atoms with E-state index in [4.69, 9.17) is 0 Å². The van der Waals surface area contributed by atoms with Crippen LogP contribution in [-0.2, 0) is 6.42 Å². The zero-order valence-electron chi connectivity index (χ0n) is 10.7. The van der Waals surface area contributed by atoms with Gasteiger partial charge in [0.05, 0.1) is 0 Å². The fourth-order valence-corrected chi connectivity index (χ4v) is 2.96. The van der Waals surface area contributed by atoms with Crippen LogP contribution >= 0.6 is 15.9 Å². The maximum atomic E-state index is 3.55. The number of piperidine rings is 1. The molecule has 1 aliphatic rings. The van der Waals surface area contributed by atoms with Gasteiger partial charge in [-0.15, -0.1) is 0 Å². The Bertz CT molecular complexity index is 370. The molecule has 3 heteroatoms. The molecule has 0 saturated carbocycles. The van der Waals surface area contributed by atoms with E-state index in [1.807, 2.05) is 0 Å². The lowest BCUT2D eigenvalue weighted by atomic mass is 10.0. The molecule has 0 atom stereocenters. The van der Waals surface area contributed by atoms with Gasteiger partial charge in [-0.2, -0.15) is 0 Å². The summed E-state index contributed by atoms with van der Waals surface area (Å²) < 4.78 is 1.18. The monoisotopic (exact) mass is 296 g/mol. The van der Waals surface area contributed by atoms with E-state index >= 15 is 0 Å². The summed E-state index contributed by atoms with van der Waals surface area (Å²) in [5.74, 6) is 0. The fourth-order valence-electron chi connectivity index (χ4n) is 2.55. The lowest BCUT2D eigenvalue weighted by molar-refractivity contribution is 0.442. The minimum atomic E-state index is 0.701. The highest BCUT2D eigenvalue weighted by Crippen LogP contribution is 2.27. The van der Waals surface area contributed by atoms with Gasteiger partial charge in [0, 0.05) is 29.3 Å². The van der Waals surface area contributed by atoms with Crippen LogP contribution < -0.4 is 10.2 Å². The zero-order valence-corrected chi connectivity index (χ0v) is 12.3. The first kappa shape index (κ1) is 12.9. The van der Waals surface area contributed by atoms with Crippen LogP contribution in [0.4, 0.5) is 5.69 Å². The molecule has 0 bridgehead atoms. The van der Waals surface area contributed by atoms with Crippen LogP contribution in [0.1, 0.15) is 25.3 Å². The van der Waals surface area contributed by atoms with Crippen LogP contribution in [0.15, 0.2) is 22.7 Å². The molecule has 0 spiro atoms. The SMILES string of the molecule is CCc1cc(Br)ccc1N1CCC(NC)CC1. The number of rotatable bonds is 3. The van der Waals surface area contributed by atoms with Gasteiger partial charge in [0.2, 0.25) is 0 Å². The van der Waals surface area contributed by atoms with Crippen molar-refractivity contribution >= 4 is 21.6 Å². The van der Waals surface area contributed by atoms with Crippen molar-refractivity contribution in [2.75, 3.05) is 25.0 Å². The minimum absolute atomic E-state index is 0.701. The fraction of sp³-hybridized carbons (Fsp3) is 0.571. The average Bonchev–Trinajstić information content (AvgIpc) is 2.39. The maximum absolute atomic E-state index is 3.55. The summed E-state index contributed by atoms with van der Waals surface area (Å²) in [6, 6.07) is 7.35. The third-order valence-electron chi connectivity index (χ3n) is 3.67. The van der Waals surface area contributed by atoms with Gasteiger partial charge in [0.1, 0.15) is 0 Å². The molecule has 0 amide bonds. The third-order valence-corrected chi connectivity index (χ3v) is 4.16. The Morgan fingerprint density at radius 1 is 1.35 bits per heavy atom. The topological polar surface area (TPSA) is 15.3 Å². The molecule has 0 aliphatic carbocycles. The summed E-state index contributed by atoms with van der Waals surface area (Å²) >= 11 is 3.55. The number of halogens is 1. The van der Waals surface area contributed by atoms with E-state index in [0.29, 0.717) is 6.04 Å². The van der Waals surface area contributed by atoms with Gasteiger partial charge in [0.15, 0.2) is 0 Å². The molecule has 1 saturated heterocycles. The first-order valence-electron chi connectivity index (χ1n) is 6.45. The first-order valence-corrected chi connectivity index (χ1v) is 7.24. The van der Waals surface area contributed by atoms with Crippen molar-refractivity contribution in [2.45, 2.75) is 32.2 Å². The smallest absolute Gasteiger partial charge is 0.0399 e. The van der Waals surface area contributed by atoms with Gasteiger partial charge in [-0.1, -0.05) is 22.9 Å². The summed E-state index contributed by atoms with van der Waals surface area (Å²) in [7, 11) is 2.07. The van der Waals surface area contributed by atoms with Crippen LogP contribution in [0.2, 0.25) is 0 Å². The van der Waals surface area contributed by atoms with Gasteiger partial charge in [-0.25, -0.2) is 0 Å². The highest BCUT2D eigenvalue weighted by molar-refractivity contribution is 9.10. The lowest BCUT2D eigenvalue weighted by Crippen LogP contribution is -2.41. The molecule has 2 rings (SSSR count). The van der Waals surface area contributed by atoms with Crippen LogP contribution in [0.3, 0.4) is 0 Å². The molecule has 1 heterocycles. The van der Waals surface area contributed by atoms with Crippen molar-refractivity contribution in [3.8, 4) is 0 Å². The second-order valence-electron chi connectivity index (χ2n) is 4.68. The average molecular weight is 297 g/mol. The summed E-state index contributed by atoms with van der Waals surface area (Å²) in [4.78, 5) is 2.53. The van der Waals surface area contributed by atoms with Gasteiger partial charge >= 0.3 is 0 Å². The van der Waals surface area contributed by atoms with Crippen LogP contribution in [0, 0.1) is 0 Å². The van der Waals surface area contributed by atoms with E-state index in [-0.39, 0.29) is 0 Å². The standard InChI is InChI=1S/C14H21BrN2/c1-3-11-10-12(15)4-5-14(11)17-8-6-13(16-2)7-9-17/h4-5,10,13,16H,3,6-9H2,1-2H3. The van der Waals surface area contributed by atoms with Crippen molar-refractivity contribution in [1.29, 1.82) is 0 Å². The molecule has 2 nitrogen and oxygen atoms in total. The second-order valence-corrected chi connectivity index (χ2v) is 5.59. The molecule has 1 N–H and O–H groups in total. The third kappa shape index (κ3) is 3.02. The Balaban J connectivity index is 2.12. The lowest BCUT2D eigenvalue weighted by Gasteiger charge is -2.34. The van der Waals surface area contributed by atoms with Gasteiger partial charge in [0.25, 0.3) is 0 Å². The number of aryl methyl sites for hydroxylation is 1. The van der Waals surface area contributed by atoms with Gasteiger partial charge < -0.3 is 10.2 Å². The van der Waals surface area contributed by atoms with E-state index in [0.717, 1.165) is 6.42 Å². The van der Waals surface area contributed by atoms with E-state index in [2.05, 4.69) is 58.3 Å². The van der Waals surface area contributed by atoms with Gasteiger partial charge in [-0.05, 0) is 50.1 Å². The molecule has 1 aromatic rings. The summed E-state index contributed by atoms with van der Waals surface area (Å²) in [5, 5.41) is 3.38. The van der Waals surface area contributed by atoms with Crippen LogP contribution in [0.25, 0.3) is 0 Å². The Labute approximate surface area is 113 Å². The predicted octanol–water partition coefficient (Wildman–Crippen LogP) is 3.20. The van der Waals surface area contributed by atoms with E-state index in [9.17, 15) is 0 Å². The number of nitrogens with one attached hydrogen (secondary N) is 1. The Hall–Kier alpha value is -0.540. The summed E-state index contributed by atoms with van der Waals surface area (Å²) in [5.41, 5.74) is 2.87. The number of hydrogen-bond donors (Lipinski definition) is 1. The molecule has 94 valence electrons. The largest absolute Gasteiger partial charge is 0.371 e. The Morgan fingerprint density at radius 3 is 2.65 bits per heavy atom.